The summed E-state index contributed by atoms with van der Waals surface area (Å²) in [6.07, 6.45) is 3.80. The van der Waals surface area contributed by atoms with Crippen molar-refractivity contribution in [3.63, 3.8) is 0 Å². The maximum Gasteiger partial charge on any atom is 0.335 e. The third-order valence-electron chi connectivity index (χ3n) is 4.95. The maximum atomic E-state index is 13.0. The fourth-order valence-corrected chi connectivity index (χ4v) is 4.33. The van der Waals surface area contributed by atoms with Crippen LogP contribution in [0.15, 0.2) is 76.8 Å². The van der Waals surface area contributed by atoms with Gasteiger partial charge < -0.3 is 14.4 Å². The van der Waals surface area contributed by atoms with Crippen molar-refractivity contribution in [3.05, 3.63) is 83.0 Å². The lowest BCUT2D eigenvalue weighted by molar-refractivity contribution is -0.122. The number of carbonyl (C=O) groups excluding carboxylic acids is 1. The highest BCUT2D eigenvalue weighted by Crippen LogP contribution is 2.34. The van der Waals surface area contributed by atoms with E-state index in [2.05, 4.69) is 4.99 Å². The van der Waals surface area contributed by atoms with Crippen LogP contribution in [-0.2, 0) is 4.79 Å². The number of hydrogen-bond donors (Lipinski definition) is 1. The molecule has 32 heavy (non-hydrogen) atoms. The van der Waals surface area contributed by atoms with E-state index in [0.29, 0.717) is 22.3 Å². The molecule has 1 amide bonds. The quantitative estimate of drug-likeness (QED) is 0.549. The number of nitrogens with zero attached hydrogens (tertiary/aromatic N) is 3. The minimum absolute atomic E-state index is 0.110. The Morgan fingerprint density at radius 3 is 2.47 bits per heavy atom. The number of methoxy groups -OCH3 is 1. The second kappa shape index (κ2) is 9.15. The van der Waals surface area contributed by atoms with Crippen molar-refractivity contribution in [2.75, 3.05) is 13.7 Å². The summed E-state index contributed by atoms with van der Waals surface area (Å²) in [5.41, 5.74) is 2.61. The Morgan fingerprint density at radius 2 is 1.84 bits per heavy atom. The number of carbonyl (C=O) groups is 2. The molecule has 0 saturated carbocycles. The summed E-state index contributed by atoms with van der Waals surface area (Å²) >= 11 is 1.30. The first-order valence-corrected chi connectivity index (χ1v) is 10.8. The van der Waals surface area contributed by atoms with Crippen molar-refractivity contribution in [3.8, 4) is 11.4 Å². The Hall–Kier alpha value is -3.78. The van der Waals surface area contributed by atoms with Gasteiger partial charge in [-0.1, -0.05) is 0 Å². The smallest absolute Gasteiger partial charge is 0.335 e. The van der Waals surface area contributed by atoms with Gasteiger partial charge in [-0.3, -0.25) is 9.69 Å². The van der Waals surface area contributed by atoms with Crippen LogP contribution in [0.25, 0.3) is 11.8 Å². The first-order chi connectivity index (χ1) is 15.5. The number of aromatic carboxylic acids is 1. The van der Waals surface area contributed by atoms with E-state index in [0.717, 1.165) is 17.1 Å². The molecule has 1 aliphatic rings. The summed E-state index contributed by atoms with van der Waals surface area (Å²) in [6, 6.07) is 17.8. The molecule has 0 atom stereocenters. The number of benzene rings is 2. The number of carboxylic acid groups (broad SMARTS) is 1. The number of likely N-dealkylation sites (N-methyl/N-ethyl adjacent to an activating group) is 1. The summed E-state index contributed by atoms with van der Waals surface area (Å²) in [6.45, 7) is 2.37. The van der Waals surface area contributed by atoms with E-state index >= 15 is 0 Å². The molecule has 7 nitrogen and oxygen atoms in total. The zero-order valence-corrected chi connectivity index (χ0v) is 18.4. The predicted molar refractivity (Wildman–Crippen MR) is 126 cm³/mol. The molecule has 0 aliphatic carbocycles. The molecular formula is C24H21N3O4S. The molecule has 1 N–H and O–H groups in total. The number of aromatic nitrogens is 1. The van der Waals surface area contributed by atoms with Gasteiger partial charge in [-0.05, 0) is 85.4 Å². The lowest BCUT2D eigenvalue weighted by Crippen LogP contribution is -2.28. The van der Waals surface area contributed by atoms with E-state index in [1.807, 2.05) is 60.2 Å². The maximum absolute atomic E-state index is 13.0. The van der Waals surface area contributed by atoms with Crippen LogP contribution in [0.5, 0.6) is 5.75 Å². The normalized spacial score (nSPS) is 16.2. The Labute approximate surface area is 189 Å². The average molecular weight is 448 g/mol. The van der Waals surface area contributed by atoms with Gasteiger partial charge in [0, 0.05) is 24.1 Å². The molecule has 4 rings (SSSR count). The summed E-state index contributed by atoms with van der Waals surface area (Å²) in [7, 11) is 1.63. The van der Waals surface area contributed by atoms with Crippen molar-refractivity contribution in [2.45, 2.75) is 6.92 Å². The van der Waals surface area contributed by atoms with Crippen molar-refractivity contribution >= 4 is 40.6 Å². The van der Waals surface area contributed by atoms with E-state index in [4.69, 9.17) is 9.84 Å². The first kappa shape index (κ1) is 21.5. The van der Waals surface area contributed by atoms with Crippen LogP contribution in [0.3, 0.4) is 0 Å². The summed E-state index contributed by atoms with van der Waals surface area (Å²) < 4.78 is 7.22. The molecule has 1 saturated heterocycles. The largest absolute Gasteiger partial charge is 0.497 e. The SMILES string of the molecule is CCN1C(=O)/C(=C/c2cccn2-c2ccc(OC)cc2)SC1=Nc1ccc(C(=O)O)cc1. The molecule has 0 spiro atoms. The number of amidine groups is 1. The second-order valence-corrected chi connectivity index (χ2v) is 7.92. The van der Waals surface area contributed by atoms with Crippen molar-refractivity contribution in [1.82, 2.24) is 9.47 Å². The lowest BCUT2D eigenvalue weighted by Gasteiger charge is -2.12. The van der Waals surface area contributed by atoms with Gasteiger partial charge >= 0.3 is 5.97 Å². The summed E-state index contributed by atoms with van der Waals surface area (Å²) in [4.78, 5) is 30.8. The Morgan fingerprint density at radius 1 is 1.12 bits per heavy atom. The topological polar surface area (TPSA) is 84.1 Å². The molecule has 1 aliphatic heterocycles. The molecule has 3 aromatic rings. The van der Waals surface area contributed by atoms with Crippen LogP contribution in [0, 0.1) is 0 Å². The number of ether oxygens (including phenoxy) is 1. The monoisotopic (exact) mass is 447 g/mol. The third-order valence-corrected chi connectivity index (χ3v) is 5.96. The fourth-order valence-electron chi connectivity index (χ4n) is 3.28. The van der Waals surface area contributed by atoms with Gasteiger partial charge in [0.1, 0.15) is 5.75 Å². The third kappa shape index (κ3) is 4.31. The molecular weight excluding hydrogens is 426 g/mol. The number of rotatable bonds is 6. The van der Waals surface area contributed by atoms with Gasteiger partial charge in [-0.15, -0.1) is 0 Å². The zero-order chi connectivity index (χ0) is 22.7. The second-order valence-electron chi connectivity index (χ2n) is 6.91. The van der Waals surface area contributed by atoms with Crippen LogP contribution < -0.4 is 4.74 Å². The van der Waals surface area contributed by atoms with Crippen LogP contribution >= 0.6 is 11.8 Å². The van der Waals surface area contributed by atoms with Gasteiger partial charge in [0.15, 0.2) is 5.17 Å². The Kier molecular flexibility index (Phi) is 6.13. The van der Waals surface area contributed by atoms with Crippen LogP contribution in [-0.4, -0.2) is 45.3 Å². The van der Waals surface area contributed by atoms with E-state index in [1.165, 1.54) is 23.9 Å². The molecule has 162 valence electrons. The molecule has 0 radical (unpaired) electrons. The first-order valence-electron chi connectivity index (χ1n) is 9.95. The Bertz CT molecular complexity index is 1210. The summed E-state index contributed by atoms with van der Waals surface area (Å²) in [5, 5.41) is 9.62. The van der Waals surface area contributed by atoms with Gasteiger partial charge in [-0.2, -0.15) is 0 Å². The van der Waals surface area contributed by atoms with Gasteiger partial charge in [0.05, 0.1) is 23.3 Å². The van der Waals surface area contributed by atoms with Crippen molar-refractivity contribution < 1.29 is 19.4 Å². The van der Waals surface area contributed by atoms with Gasteiger partial charge in [0.2, 0.25) is 0 Å². The van der Waals surface area contributed by atoms with Crippen LogP contribution in [0.1, 0.15) is 23.0 Å². The highest BCUT2D eigenvalue weighted by Gasteiger charge is 2.32. The molecule has 1 aromatic heterocycles. The van der Waals surface area contributed by atoms with Crippen LogP contribution in [0.4, 0.5) is 5.69 Å². The number of carboxylic acids is 1. The van der Waals surface area contributed by atoms with Crippen molar-refractivity contribution in [2.24, 2.45) is 4.99 Å². The average Bonchev–Trinajstić information content (AvgIpc) is 3.38. The number of thioether (sulfide) groups is 1. The number of aliphatic imine (C=N–C) groups is 1. The van der Waals surface area contributed by atoms with E-state index in [1.54, 1.807) is 24.1 Å². The van der Waals surface area contributed by atoms with E-state index in [9.17, 15) is 9.59 Å². The molecule has 8 heteroatoms. The van der Waals surface area contributed by atoms with Crippen molar-refractivity contribution in [1.29, 1.82) is 0 Å². The highest BCUT2D eigenvalue weighted by molar-refractivity contribution is 8.18. The van der Waals surface area contributed by atoms with Crippen LogP contribution in [0.2, 0.25) is 0 Å². The van der Waals surface area contributed by atoms with E-state index in [-0.39, 0.29) is 11.5 Å². The molecule has 2 heterocycles. The summed E-state index contributed by atoms with van der Waals surface area (Å²) in [5.74, 6) is -0.325. The minimum Gasteiger partial charge on any atom is -0.497 e. The number of amides is 1. The van der Waals surface area contributed by atoms with Gasteiger partial charge in [0.25, 0.3) is 5.91 Å². The van der Waals surface area contributed by atoms with E-state index < -0.39 is 5.97 Å². The lowest BCUT2D eigenvalue weighted by atomic mass is 10.2. The number of hydrogen-bond acceptors (Lipinski definition) is 5. The minimum atomic E-state index is -0.991. The zero-order valence-electron chi connectivity index (χ0n) is 17.6. The molecule has 1 fully saturated rings. The molecule has 0 unspecified atom stereocenters. The Balaban J connectivity index is 1.63. The molecule has 2 aromatic carbocycles. The fraction of sp³-hybridized carbons (Fsp3) is 0.125. The highest BCUT2D eigenvalue weighted by atomic mass is 32.2. The van der Waals surface area contributed by atoms with Gasteiger partial charge in [-0.25, -0.2) is 9.79 Å². The predicted octanol–water partition coefficient (Wildman–Crippen LogP) is 4.81. The standard InChI is InChI=1S/C24H21N3O4S/c1-3-26-22(28)21(32-24(26)25-17-8-6-16(7-9-17)23(29)30)15-19-5-4-14-27(19)18-10-12-20(31-2)13-11-18/h4-15H,3H2,1-2H3,(H,29,30)/b21-15-,25-24?. The molecule has 0 bridgehead atoms.